The van der Waals surface area contributed by atoms with Gasteiger partial charge in [0.05, 0.1) is 25.1 Å². The summed E-state index contributed by atoms with van der Waals surface area (Å²) in [5, 5.41) is 14.2. The molecule has 1 amide bonds. The van der Waals surface area contributed by atoms with Gasteiger partial charge < -0.3 is 24.5 Å². The van der Waals surface area contributed by atoms with Gasteiger partial charge in [-0.2, -0.15) is 0 Å². The Bertz CT molecular complexity index is 1250. The molecule has 0 saturated heterocycles. The van der Waals surface area contributed by atoms with Crippen LogP contribution in [0.3, 0.4) is 0 Å². The Hall–Kier alpha value is -3.36. The highest BCUT2D eigenvalue weighted by Gasteiger charge is 2.37. The summed E-state index contributed by atoms with van der Waals surface area (Å²) in [5.41, 5.74) is 3.51. The lowest BCUT2D eigenvalue weighted by Gasteiger charge is -2.36. The van der Waals surface area contributed by atoms with Crippen molar-refractivity contribution in [2.75, 3.05) is 12.4 Å². The summed E-state index contributed by atoms with van der Waals surface area (Å²) < 4.78 is 10.9. The Morgan fingerprint density at radius 1 is 1.29 bits per heavy atom. The third-order valence-electron chi connectivity index (χ3n) is 5.33. The lowest BCUT2D eigenvalue weighted by Crippen LogP contribution is -2.41. The number of aromatic hydroxyl groups is 1. The summed E-state index contributed by atoms with van der Waals surface area (Å²) in [5.74, 6) is 0.775. The maximum absolute atomic E-state index is 13.7. The number of pyridine rings is 1. The zero-order valence-electron chi connectivity index (χ0n) is 17.1. The second-order valence-corrected chi connectivity index (χ2v) is 8.49. The van der Waals surface area contributed by atoms with Crippen LogP contribution in [-0.2, 0) is 17.9 Å². The van der Waals surface area contributed by atoms with Crippen molar-refractivity contribution in [2.24, 2.45) is 0 Å². The maximum Gasteiger partial charge on any atom is 0.268 e. The van der Waals surface area contributed by atoms with Gasteiger partial charge in [-0.25, -0.2) is 4.98 Å². The molecule has 1 aliphatic heterocycles. The van der Waals surface area contributed by atoms with E-state index in [9.17, 15) is 9.90 Å². The van der Waals surface area contributed by atoms with Crippen LogP contribution in [-0.4, -0.2) is 28.0 Å². The number of phenolic OH excluding ortho intramolecular Hbond substituents is 1. The van der Waals surface area contributed by atoms with Crippen LogP contribution in [0.25, 0.3) is 10.2 Å². The summed E-state index contributed by atoms with van der Waals surface area (Å²) in [6.07, 6.45) is 1.17. The van der Waals surface area contributed by atoms with E-state index in [1.165, 1.54) is 11.3 Å². The van der Waals surface area contributed by atoms with E-state index in [1.54, 1.807) is 36.5 Å². The number of phenols is 1. The third kappa shape index (κ3) is 3.43. The summed E-state index contributed by atoms with van der Waals surface area (Å²) in [6.45, 7) is 2.68. The van der Waals surface area contributed by atoms with Crippen LogP contribution in [0.2, 0.25) is 0 Å². The summed E-state index contributed by atoms with van der Waals surface area (Å²) in [4.78, 5) is 21.5. The van der Waals surface area contributed by atoms with Gasteiger partial charge in [0.1, 0.15) is 27.4 Å². The zero-order valence-corrected chi connectivity index (χ0v) is 17.9. The third-order valence-corrected chi connectivity index (χ3v) is 6.41. The number of hydrogen-bond acceptors (Lipinski definition) is 7. The Labute approximate surface area is 182 Å². The molecule has 8 heteroatoms. The molecule has 1 unspecified atom stereocenters. The number of benzene rings is 1. The number of aromatic nitrogens is 1. The predicted octanol–water partition coefficient (Wildman–Crippen LogP) is 4.82. The van der Waals surface area contributed by atoms with Crippen molar-refractivity contribution in [3.8, 4) is 5.75 Å². The minimum atomic E-state index is -0.430. The molecule has 0 bridgehead atoms. The molecule has 4 heterocycles. The van der Waals surface area contributed by atoms with Crippen LogP contribution in [0.15, 0.2) is 53.1 Å². The van der Waals surface area contributed by atoms with Gasteiger partial charge >= 0.3 is 0 Å². The molecule has 3 aromatic heterocycles. The molecule has 1 aliphatic rings. The quantitative estimate of drug-likeness (QED) is 0.467. The maximum atomic E-state index is 13.7. The monoisotopic (exact) mass is 435 g/mol. The number of amides is 1. The van der Waals surface area contributed by atoms with Crippen molar-refractivity contribution in [3.05, 3.63) is 76.2 Å². The zero-order chi connectivity index (χ0) is 21.5. The number of ether oxygens (including phenoxy) is 1. The van der Waals surface area contributed by atoms with Gasteiger partial charge in [-0.05, 0) is 48.4 Å². The average Bonchev–Trinajstić information content (AvgIpc) is 3.38. The van der Waals surface area contributed by atoms with Crippen LogP contribution in [0.4, 0.5) is 5.69 Å². The molecule has 7 nitrogen and oxygen atoms in total. The lowest BCUT2D eigenvalue weighted by molar-refractivity contribution is 0.0657. The summed E-state index contributed by atoms with van der Waals surface area (Å²) in [7, 11) is 1.66. The van der Waals surface area contributed by atoms with Gasteiger partial charge in [-0.3, -0.25) is 4.79 Å². The number of carbonyl (C=O) groups excluding carboxylic acids is 1. The molecule has 0 radical (unpaired) electrons. The largest absolute Gasteiger partial charge is 0.508 e. The number of nitrogens with one attached hydrogen (secondary N) is 1. The van der Waals surface area contributed by atoms with Gasteiger partial charge in [-0.15, -0.1) is 11.3 Å². The Balaban J connectivity index is 1.67. The molecule has 0 spiro atoms. The van der Waals surface area contributed by atoms with E-state index in [0.717, 1.165) is 32.7 Å². The number of nitrogens with zero attached hydrogens (tertiary/aromatic N) is 2. The molecule has 2 N–H and O–H groups in total. The molecule has 0 fully saturated rings. The highest BCUT2D eigenvalue weighted by Crippen LogP contribution is 2.44. The van der Waals surface area contributed by atoms with E-state index in [2.05, 4.69) is 10.3 Å². The fourth-order valence-corrected chi connectivity index (χ4v) is 5.17. The van der Waals surface area contributed by atoms with Crippen LogP contribution >= 0.6 is 11.3 Å². The van der Waals surface area contributed by atoms with Gasteiger partial charge in [0.2, 0.25) is 0 Å². The standard InChI is InChI=1S/C23H21N3O4S/c1-13-10-15(12-29-2)18-19-20(31-22(18)24-13)23(28)26(11-17-4-3-9-30-17)21(25-19)14-5-7-16(27)8-6-14/h3-10,21,25,27H,11-12H2,1-2H3. The fraction of sp³-hybridized carbons (Fsp3) is 0.217. The average molecular weight is 436 g/mol. The molecule has 0 aliphatic carbocycles. The van der Waals surface area contributed by atoms with E-state index in [4.69, 9.17) is 9.15 Å². The Kier molecular flexibility index (Phi) is 4.88. The number of thiophene rings is 1. The van der Waals surface area contributed by atoms with Crippen LogP contribution < -0.4 is 5.32 Å². The van der Waals surface area contributed by atoms with Crippen molar-refractivity contribution < 1.29 is 19.1 Å². The van der Waals surface area contributed by atoms with Crippen LogP contribution in [0.1, 0.15) is 38.4 Å². The number of hydrogen-bond donors (Lipinski definition) is 2. The van der Waals surface area contributed by atoms with Crippen molar-refractivity contribution in [1.29, 1.82) is 0 Å². The minimum Gasteiger partial charge on any atom is -0.508 e. The van der Waals surface area contributed by atoms with Crippen molar-refractivity contribution in [2.45, 2.75) is 26.2 Å². The first-order chi connectivity index (χ1) is 15.0. The van der Waals surface area contributed by atoms with Gasteiger partial charge in [0.25, 0.3) is 5.91 Å². The highest BCUT2D eigenvalue weighted by molar-refractivity contribution is 7.21. The first-order valence-electron chi connectivity index (χ1n) is 9.86. The van der Waals surface area contributed by atoms with Crippen LogP contribution in [0.5, 0.6) is 5.75 Å². The van der Waals surface area contributed by atoms with E-state index < -0.39 is 6.17 Å². The van der Waals surface area contributed by atoms with E-state index in [0.29, 0.717) is 23.8 Å². The highest BCUT2D eigenvalue weighted by atomic mass is 32.1. The molecule has 31 heavy (non-hydrogen) atoms. The second kappa shape index (κ2) is 7.72. The van der Waals surface area contributed by atoms with Crippen molar-refractivity contribution in [3.63, 3.8) is 0 Å². The SMILES string of the molecule is COCc1cc(C)nc2sc3c(c12)NC(c1ccc(O)cc1)N(Cc1ccco1)C3=O. The molecule has 1 aromatic carbocycles. The normalized spacial score (nSPS) is 15.9. The first kappa shape index (κ1) is 19.6. The van der Waals surface area contributed by atoms with Gasteiger partial charge in [0.15, 0.2) is 0 Å². The van der Waals surface area contributed by atoms with E-state index in [-0.39, 0.29) is 11.7 Å². The van der Waals surface area contributed by atoms with Crippen molar-refractivity contribution in [1.82, 2.24) is 9.88 Å². The molecular weight excluding hydrogens is 414 g/mol. The molecule has 4 aromatic rings. The Morgan fingerprint density at radius 2 is 2.10 bits per heavy atom. The van der Waals surface area contributed by atoms with Crippen molar-refractivity contribution >= 4 is 33.1 Å². The van der Waals surface area contributed by atoms with E-state index in [1.807, 2.05) is 31.2 Å². The number of methoxy groups -OCH3 is 1. The number of aryl methyl sites for hydroxylation is 1. The number of fused-ring (bicyclic) bond motifs is 3. The van der Waals surface area contributed by atoms with Gasteiger partial charge in [-0.1, -0.05) is 12.1 Å². The topological polar surface area (TPSA) is 87.8 Å². The summed E-state index contributed by atoms with van der Waals surface area (Å²) >= 11 is 1.39. The van der Waals surface area contributed by atoms with E-state index >= 15 is 0 Å². The molecule has 158 valence electrons. The smallest absolute Gasteiger partial charge is 0.268 e. The van der Waals surface area contributed by atoms with Crippen LogP contribution in [0, 0.1) is 6.92 Å². The lowest BCUT2D eigenvalue weighted by atomic mass is 10.0. The molecule has 0 saturated carbocycles. The summed E-state index contributed by atoms with van der Waals surface area (Å²) in [6, 6.07) is 12.5. The number of carbonyl (C=O) groups is 1. The molecular formula is C23H21N3O4S. The number of rotatable bonds is 5. The predicted molar refractivity (Wildman–Crippen MR) is 118 cm³/mol. The first-order valence-corrected chi connectivity index (χ1v) is 10.7. The number of furan rings is 1. The minimum absolute atomic E-state index is 0.0905. The molecule has 1 atom stereocenters. The fourth-order valence-electron chi connectivity index (χ4n) is 3.99. The molecule has 5 rings (SSSR count). The Morgan fingerprint density at radius 3 is 2.81 bits per heavy atom. The number of anilines is 1. The van der Waals surface area contributed by atoms with Gasteiger partial charge in [0, 0.05) is 18.2 Å². The second-order valence-electron chi connectivity index (χ2n) is 7.49.